The third-order valence-corrected chi connectivity index (χ3v) is 4.48. The quantitative estimate of drug-likeness (QED) is 0.747. The molecular formula is C21H18N2O3. The maximum Gasteiger partial charge on any atom is 0.262 e. The van der Waals surface area contributed by atoms with Gasteiger partial charge in [-0.05, 0) is 42.0 Å². The lowest BCUT2D eigenvalue weighted by Crippen LogP contribution is -2.43. The summed E-state index contributed by atoms with van der Waals surface area (Å²) < 4.78 is 5.23. The summed E-state index contributed by atoms with van der Waals surface area (Å²) in [5.74, 6) is 0.344. The second kappa shape index (κ2) is 6.44. The highest BCUT2D eigenvalue weighted by Gasteiger charge is 2.34. The molecule has 5 heteroatoms. The molecule has 3 aromatic rings. The molecule has 4 rings (SSSR count). The number of carbonyl (C=O) groups excluding carboxylic acids is 1. The van der Waals surface area contributed by atoms with Crippen LogP contribution in [0.3, 0.4) is 0 Å². The number of phenols is 1. The molecule has 0 fully saturated rings. The summed E-state index contributed by atoms with van der Waals surface area (Å²) >= 11 is 0. The molecule has 5 nitrogen and oxygen atoms in total. The molecule has 0 saturated heterocycles. The number of hydrogen-bond acceptors (Lipinski definition) is 4. The van der Waals surface area contributed by atoms with Crippen LogP contribution in [-0.2, 0) is 0 Å². The SMILES string of the molecule is COc1cc([C@@H]2Nc3ccccc3C(=O)N2c2ccccc2)ccc1O. The van der Waals surface area contributed by atoms with E-state index in [-0.39, 0.29) is 11.7 Å². The van der Waals surface area contributed by atoms with Gasteiger partial charge in [0.05, 0.1) is 12.7 Å². The number of para-hydroxylation sites is 2. The van der Waals surface area contributed by atoms with Crippen LogP contribution in [0, 0.1) is 0 Å². The van der Waals surface area contributed by atoms with E-state index >= 15 is 0 Å². The van der Waals surface area contributed by atoms with Crippen molar-refractivity contribution in [2.75, 3.05) is 17.3 Å². The Morgan fingerprint density at radius 3 is 2.50 bits per heavy atom. The van der Waals surface area contributed by atoms with E-state index in [4.69, 9.17) is 4.74 Å². The molecule has 0 aliphatic carbocycles. The molecule has 1 aliphatic heterocycles. The predicted molar refractivity (Wildman–Crippen MR) is 101 cm³/mol. The van der Waals surface area contributed by atoms with E-state index in [1.54, 1.807) is 23.1 Å². The fourth-order valence-electron chi connectivity index (χ4n) is 3.21. The van der Waals surface area contributed by atoms with Gasteiger partial charge in [-0.25, -0.2) is 0 Å². The first-order valence-corrected chi connectivity index (χ1v) is 8.30. The van der Waals surface area contributed by atoms with Gasteiger partial charge in [0.2, 0.25) is 0 Å². The Labute approximate surface area is 151 Å². The van der Waals surface area contributed by atoms with E-state index in [0.29, 0.717) is 11.3 Å². The zero-order valence-corrected chi connectivity index (χ0v) is 14.2. The van der Waals surface area contributed by atoms with Gasteiger partial charge in [-0.15, -0.1) is 0 Å². The second-order valence-corrected chi connectivity index (χ2v) is 6.03. The molecule has 1 aliphatic rings. The van der Waals surface area contributed by atoms with Crippen molar-refractivity contribution in [3.63, 3.8) is 0 Å². The smallest absolute Gasteiger partial charge is 0.262 e. The number of aromatic hydroxyl groups is 1. The Kier molecular flexibility index (Phi) is 3.97. The number of rotatable bonds is 3. The maximum absolute atomic E-state index is 13.2. The van der Waals surface area contributed by atoms with Gasteiger partial charge < -0.3 is 15.2 Å². The Balaban J connectivity index is 1.86. The summed E-state index contributed by atoms with van der Waals surface area (Å²) in [5.41, 5.74) is 3.00. The summed E-state index contributed by atoms with van der Waals surface area (Å²) in [6.45, 7) is 0. The Bertz CT molecular complexity index is 956. The molecule has 26 heavy (non-hydrogen) atoms. The number of hydrogen-bond donors (Lipinski definition) is 2. The number of nitrogens with zero attached hydrogens (tertiary/aromatic N) is 1. The Morgan fingerprint density at radius 1 is 1.00 bits per heavy atom. The molecule has 1 amide bonds. The molecule has 0 radical (unpaired) electrons. The number of amides is 1. The van der Waals surface area contributed by atoms with E-state index < -0.39 is 6.17 Å². The van der Waals surface area contributed by atoms with E-state index in [1.807, 2.05) is 54.6 Å². The zero-order valence-electron chi connectivity index (χ0n) is 14.2. The highest BCUT2D eigenvalue weighted by atomic mass is 16.5. The first kappa shape index (κ1) is 16.0. The van der Waals surface area contributed by atoms with Crippen LogP contribution in [-0.4, -0.2) is 18.1 Å². The van der Waals surface area contributed by atoms with Gasteiger partial charge in [0.15, 0.2) is 11.5 Å². The molecule has 130 valence electrons. The van der Waals surface area contributed by atoms with Crippen LogP contribution in [0.2, 0.25) is 0 Å². The van der Waals surface area contributed by atoms with Crippen molar-refractivity contribution in [1.82, 2.24) is 0 Å². The predicted octanol–water partition coefficient (Wildman–Crippen LogP) is 4.17. The van der Waals surface area contributed by atoms with Crippen LogP contribution < -0.4 is 15.0 Å². The normalized spacial score (nSPS) is 16.0. The average molecular weight is 346 g/mol. The van der Waals surface area contributed by atoms with Crippen molar-refractivity contribution in [3.8, 4) is 11.5 Å². The van der Waals surface area contributed by atoms with E-state index in [0.717, 1.165) is 16.9 Å². The van der Waals surface area contributed by atoms with Crippen LogP contribution in [0.1, 0.15) is 22.1 Å². The zero-order chi connectivity index (χ0) is 18.1. The molecule has 0 bridgehead atoms. The highest BCUT2D eigenvalue weighted by molar-refractivity contribution is 6.12. The topological polar surface area (TPSA) is 61.8 Å². The van der Waals surface area contributed by atoms with E-state index in [9.17, 15) is 9.90 Å². The van der Waals surface area contributed by atoms with Gasteiger partial charge >= 0.3 is 0 Å². The van der Waals surface area contributed by atoms with Gasteiger partial charge in [-0.3, -0.25) is 9.69 Å². The number of fused-ring (bicyclic) bond motifs is 1. The monoisotopic (exact) mass is 346 g/mol. The molecule has 2 N–H and O–H groups in total. The molecule has 1 heterocycles. The van der Waals surface area contributed by atoms with Gasteiger partial charge in [-0.2, -0.15) is 0 Å². The van der Waals surface area contributed by atoms with Gasteiger partial charge in [0.1, 0.15) is 6.17 Å². The van der Waals surface area contributed by atoms with Gasteiger partial charge in [0.25, 0.3) is 5.91 Å². The highest BCUT2D eigenvalue weighted by Crippen LogP contribution is 2.38. The van der Waals surface area contributed by atoms with Crippen molar-refractivity contribution in [1.29, 1.82) is 0 Å². The number of nitrogens with one attached hydrogen (secondary N) is 1. The van der Waals surface area contributed by atoms with Crippen LogP contribution in [0.4, 0.5) is 11.4 Å². The largest absolute Gasteiger partial charge is 0.504 e. The third kappa shape index (κ3) is 2.63. The van der Waals surface area contributed by atoms with Gasteiger partial charge in [-0.1, -0.05) is 36.4 Å². The minimum atomic E-state index is -0.422. The molecule has 0 aromatic heterocycles. The minimum Gasteiger partial charge on any atom is -0.504 e. The van der Waals surface area contributed by atoms with Crippen molar-refractivity contribution < 1.29 is 14.6 Å². The minimum absolute atomic E-state index is 0.0602. The summed E-state index contributed by atoms with van der Waals surface area (Å²) in [4.78, 5) is 14.9. The summed E-state index contributed by atoms with van der Waals surface area (Å²) in [6, 6.07) is 22.1. The average Bonchev–Trinajstić information content (AvgIpc) is 2.69. The Hall–Kier alpha value is -3.47. The standard InChI is InChI=1S/C21H18N2O3/c1-26-19-13-14(11-12-18(19)24)20-22-17-10-6-5-9-16(17)21(25)23(20)15-7-3-2-4-8-15/h2-13,20,22,24H,1H3/t20-/m1/s1. The molecule has 3 aromatic carbocycles. The second-order valence-electron chi connectivity index (χ2n) is 6.03. The summed E-state index contributed by atoms with van der Waals surface area (Å²) in [6.07, 6.45) is -0.422. The van der Waals surface area contributed by atoms with Crippen LogP contribution in [0.5, 0.6) is 11.5 Å². The first-order valence-electron chi connectivity index (χ1n) is 8.30. The van der Waals surface area contributed by atoms with E-state index in [1.165, 1.54) is 7.11 Å². The van der Waals surface area contributed by atoms with Gasteiger partial charge in [0, 0.05) is 11.4 Å². The molecule has 0 unspecified atom stereocenters. The fraction of sp³-hybridized carbons (Fsp3) is 0.0952. The lowest BCUT2D eigenvalue weighted by molar-refractivity contribution is 0.0975. The molecule has 0 saturated carbocycles. The van der Waals surface area contributed by atoms with E-state index in [2.05, 4.69) is 5.32 Å². The lowest BCUT2D eigenvalue weighted by Gasteiger charge is -2.38. The first-order chi connectivity index (χ1) is 12.7. The van der Waals surface area contributed by atoms with Crippen LogP contribution >= 0.6 is 0 Å². The molecular weight excluding hydrogens is 328 g/mol. The number of benzene rings is 3. The molecule has 1 atom stereocenters. The number of carbonyl (C=O) groups is 1. The third-order valence-electron chi connectivity index (χ3n) is 4.48. The number of ether oxygens (including phenoxy) is 1. The number of methoxy groups -OCH3 is 1. The molecule has 0 spiro atoms. The van der Waals surface area contributed by atoms with Crippen LogP contribution in [0.25, 0.3) is 0 Å². The van der Waals surface area contributed by atoms with Crippen molar-refractivity contribution in [3.05, 3.63) is 83.9 Å². The van der Waals surface area contributed by atoms with Crippen molar-refractivity contribution in [2.24, 2.45) is 0 Å². The maximum atomic E-state index is 13.2. The Morgan fingerprint density at radius 2 is 1.73 bits per heavy atom. The summed E-state index contributed by atoms with van der Waals surface area (Å²) in [5, 5.41) is 13.3. The number of anilines is 2. The fourth-order valence-corrected chi connectivity index (χ4v) is 3.21. The van der Waals surface area contributed by atoms with Crippen molar-refractivity contribution in [2.45, 2.75) is 6.17 Å². The lowest BCUT2D eigenvalue weighted by atomic mass is 10.0. The van der Waals surface area contributed by atoms with Crippen LogP contribution in [0.15, 0.2) is 72.8 Å². The summed E-state index contributed by atoms with van der Waals surface area (Å²) in [7, 11) is 1.50. The van der Waals surface area contributed by atoms with Crippen molar-refractivity contribution >= 4 is 17.3 Å². The number of phenolic OH excluding ortho intramolecular Hbond substituents is 1.